The fraction of sp³-hybridized carbons (Fsp3) is 0.250. The molecule has 4 nitrogen and oxygen atoms in total. The number of pyridine rings is 1. The molecule has 102 valence electrons. The third-order valence-corrected chi connectivity index (χ3v) is 2.96. The number of nitrogens with one attached hydrogen (secondary N) is 1. The maximum Gasteiger partial charge on any atom is 0.127 e. The number of ether oxygens (including phenoxy) is 1. The number of aryl methyl sites for hydroxylation is 1. The quantitative estimate of drug-likeness (QED) is 0.904. The van der Waals surface area contributed by atoms with Crippen LogP contribution in [0.15, 0.2) is 36.4 Å². The van der Waals surface area contributed by atoms with Crippen LogP contribution in [0.3, 0.4) is 0 Å². The van der Waals surface area contributed by atoms with Crippen molar-refractivity contribution in [3.63, 3.8) is 0 Å². The molecule has 0 bridgehead atoms. The summed E-state index contributed by atoms with van der Waals surface area (Å²) >= 11 is 0. The van der Waals surface area contributed by atoms with Crippen LogP contribution in [0.5, 0.6) is 0 Å². The van der Waals surface area contributed by atoms with Crippen LogP contribution in [0, 0.1) is 18.3 Å². The van der Waals surface area contributed by atoms with E-state index in [1.165, 1.54) is 0 Å². The average Bonchev–Trinajstić information content (AvgIpc) is 2.46. The Morgan fingerprint density at radius 1 is 1.25 bits per heavy atom. The highest BCUT2D eigenvalue weighted by Gasteiger charge is 2.03. The number of hydrogen-bond acceptors (Lipinski definition) is 4. The van der Waals surface area contributed by atoms with Gasteiger partial charge in [0.25, 0.3) is 0 Å². The van der Waals surface area contributed by atoms with Crippen LogP contribution in [-0.2, 0) is 17.9 Å². The van der Waals surface area contributed by atoms with Crippen molar-refractivity contribution in [1.29, 1.82) is 5.26 Å². The first-order chi connectivity index (χ1) is 9.72. The summed E-state index contributed by atoms with van der Waals surface area (Å²) in [6.07, 6.45) is 0. The van der Waals surface area contributed by atoms with E-state index in [1.54, 1.807) is 19.2 Å². The summed E-state index contributed by atoms with van der Waals surface area (Å²) in [6, 6.07) is 13.8. The fourth-order valence-electron chi connectivity index (χ4n) is 2.04. The monoisotopic (exact) mass is 267 g/mol. The molecule has 0 aliphatic carbocycles. The first-order valence-corrected chi connectivity index (χ1v) is 6.41. The predicted octanol–water partition coefficient (Wildman–Crippen LogP) is 3.02. The van der Waals surface area contributed by atoms with E-state index in [1.807, 2.05) is 25.1 Å². The molecule has 0 amide bonds. The average molecular weight is 267 g/mol. The molecule has 0 spiro atoms. The van der Waals surface area contributed by atoms with Crippen molar-refractivity contribution < 1.29 is 4.74 Å². The largest absolute Gasteiger partial charge is 0.380 e. The number of rotatable bonds is 5. The molecule has 0 unspecified atom stereocenters. The number of methoxy groups -OCH3 is 1. The van der Waals surface area contributed by atoms with Crippen LogP contribution < -0.4 is 5.32 Å². The van der Waals surface area contributed by atoms with Crippen molar-refractivity contribution in [2.24, 2.45) is 0 Å². The van der Waals surface area contributed by atoms with Gasteiger partial charge in [-0.25, -0.2) is 4.98 Å². The number of nitriles is 1. The summed E-state index contributed by atoms with van der Waals surface area (Å²) in [4.78, 5) is 4.38. The van der Waals surface area contributed by atoms with Crippen LogP contribution in [0.25, 0.3) is 0 Å². The normalized spacial score (nSPS) is 10.1. The second kappa shape index (κ2) is 6.69. The van der Waals surface area contributed by atoms with Gasteiger partial charge in [-0.2, -0.15) is 5.26 Å². The zero-order chi connectivity index (χ0) is 14.4. The van der Waals surface area contributed by atoms with Crippen LogP contribution in [-0.4, -0.2) is 12.1 Å². The van der Waals surface area contributed by atoms with E-state index in [-0.39, 0.29) is 0 Å². The summed E-state index contributed by atoms with van der Waals surface area (Å²) in [7, 11) is 1.69. The molecule has 0 aliphatic rings. The van der Waals surface area contributed by atoms with Gasteiger partial charge < -0.3 is 10.1 Å². The Hall–Kier alpha value is -2.38. The lowest BCUT2D eigenvalue weighted by Crippen LogP contribution is -2.05. The van der Waals surface area contributed by atoms with Gasteiger partial charge in [-0.15, -0.1) is 0 Å². The minimum Gasteiger partial charge on any atom is -0.380 e. The van der Waals surface area contributed by atoms with E-state index in [9.17, 15) is 0 Å². The molecule has 20 heavy (non-hydrogen) atoms. The Kier molecular flexibility index (Phi) is 4.70. The zero-order valence-corrected chi connectivity index (χ0v) is 11.7. The molecule has 2 rings (SSSR count). The third-order valence-electron chi connectivity index (χ3n) is 2.96. The molecule has 1 N–H and O–H groups in total. The summed E-state index contributed by atoms with van der Waals surface area (Å²) in [5.41, 5.74) is 3.76. The van der Waals surface area contributed by atoms with E-state index in [0.29, 0.717) is 24.5 Å². The molecule has 0 atom stereocenters. The Morgan fingerprint density at radius 2 is 2.00 bits per heavy atom. The van der Waals surface area contributed by atoms with Gasteiger partial charge in [0.15, 0.2) is 0 Å². The number of aromatic nitrogens is 1. The molecule has 0 aliphatic heterocycles. The van der Waals surface area contributed by atoms with E-state index < -0.39 is 0 Å². The fourth-order valence-corrected chi connectivity index (χ4v) is 2.04. The summed E-state index contributed by atoms with van der Waals surface area (Å²) < 4.78 is 5.19. The van der Waals surface area contributed by atoms with Crippen LogP contribution >= 0.6 is 0 Å². The number of benzene rings is 1. The molecule has 4 heteroatoms. The van der Waals surface area contributed by atoms with Crippen molar-refractivity contribution in [3.8, 4) is 6.07 Å². The van der Waals surface area contributed by atoms with Gasteiger partial charge >= 0.3 is 0 Å². The molecule has 1 aromatic carbocycles. The molecule has 0 saturated carbocycles. The first kappa shape index (κ1) is 14.0. The Morgan fingerprint density at radius 3 is 2.70 bits per heavy atom. The van der Waals surface area contributed by atoms with E-state index >= 15 is 0 Å². The van der Waals surface area contributed by atoms with Gasteiger partial charge in [-0.05, 0) is 30.2 Å². The third kappa shape index (κ3) is 3.56. The standard InChI is InChI=1S/C16H17N3O/c1-12-7-13(9-17)8-16(19-12)18-10-14-5-3-4-6-15(14)11-20-2/h3-8H,10-11H2,1-2H3,(H,18,19). The van der Waals surface area contributed by atoms with Crippen LogP contribution in [0.1, 0.15) is 22.4 Å². The van der Waals surface area contributed by atoms with E-state index in [2.05, 4.69) is 22.4 Å². The lowest BCUT2D eigenvalue weighted by Gasteiger charge is -2.11. The zero-order valence-electron chi connectivity index (χ0n) is 11.7. The smallest absolute Gasteiger partial charge is 0.127 e. The molecule has 0 fully saturated rings. The second-order valence-electron chi connectivity index (χ2n) is 4.55. The highest BCUT2D eigenvalue weighted by atomic mass is 16.5. The maximum atomic E-state index is 8.96. The lowest BCUT2D eigenvalue weighted by molar-refractivity contribution is 0.184. The van der Waals surface area contributed by atoms with Crippen molar-refractivity contribution in [2.75, 3.05) is 12.4 Å². The summed E-state index contributed by atoms with van der Waals surface area (Å²) in [5, 5.41) is 12.2. The number of nitrogens with zero attached hydrogens (tertiary/aromatic N) is 2. The molecular weight excluding hydrogens is 250 g/mol. The maximum absolute atomic E-state index is 8.96. The summed E-state index contributed by atoms with van der Waals surface area (Å²) in [5.74, 6) is 0.716. The van der Waals surface area contributed by atoms with Gasteiger partial charge in [0.1, 0.15) is 5.82 Å². The predicted molar refractivity (Wildman–Crippen MR) is 78.2 cm³/mol. The molecule has 1 aromatic heterocycles. The molecule has 2 aromatic rings. The van der Waals surface area contributed by atoms with Crippen LogP contribution in [0.4, 0.5) is 5.82 Å². The molecule has 0 saturated heterocycles. The van der Waals surface area contributed by atoms with Crippen molar-refractivity contribution in [2.45, 2.75) is 20.1 Å². The molecule has 1 heterocycles. The Labute approximate surface area is 119 Å². The topological polar surface area (TPSA) is 57.9 Å². The van der Waals surface area contributed by atoms with Gasteiger partial charge in [-0.3, -0.25) is 0 Å². The van der Waals surface area contributed by atoms with Crippen molar-refractivity contribution in [3.05, 3.63) is 58.8 Å². The Bertz CT molecular complexity index is 632. The Balaban J connectivity index is 2.13. The molecular formula is C16H17N3O. The van der Waals surface area contributed by atoms with E-state index in [0.717, 1.165) is 16.8 Å². The summed E-state index contributed by atoms with van der Waals surface area (Å²) in [6.45, 7) is 3.12. The van der Waals surface area contributed by atoms with Crippen molar-refractivity contribution in [1.82, 2.24) is 4.98 Å². The lowest BCUT2D eigenvalue weighted by atomic mass is 10.1. The van der Waals surface area contributed by atoms with Gasteiger partial charge in [0, 0.05) is 19.3 Å². The highest BCUT2D eigenvalue weighted by Crippen LogP contribution is 2.14. The van der Waals surface area contributed by atoms with E-state index in [4.69, 9.17) is 10.00 Å². The van der Waals surface area contributed by atoms with Gasteiger partial charge in [-0.1, -0.05) is 24.3 Å². The minimum atomic E-state index is 0.586. The number of hydrogen-bond donors (Lipinski definition) is 1. The number of anilines is 1. The van der Waals surface area contributed by atoms with Gasteiger partial charge in [0.05, 0.1) is 18.2 Å². The van der Waals surface area contributed by atoms with Gasteiger partial charge in [0.2, 0.25) is 0 Å². The second-order valence-corrected chi connectivity index (χ2v) is 4.55. The van der Waals surface area contributed by atoms with Crippen molar-refractivity contribution >= 4 is 5.82 Å². The highest BCUT2D eigenvalue weighted by molar-refractivity contribution is 5.45. The van der Waals surface area contributed by atoms with Crippen LogP contribution in [0.2, 0.25) is 0 Å². The molecule has 0 radical (unpaired) electrons. The SMILES string of the molecule is COCc1ccccc1CNc1cc(C#N)cc(C)n1. The first-order valence-electron chi connectivity index (χ1n) is 6.41. The minimum absolute atomic E-state index is 0.586.